The molecule has 0 saturated heterocycles. The Morgan fingerprint density at radius 2 is 2.15 bits per heavy atom. The van der Waals surface area contributed by atoms with Crippen molar-refractivity contribution in [3.05, 3.63) is 0 Å². The van der Waals surface area contributed by atoms with Crippen molar-refractivity contribution >= 4 is 12.0 Å². The monoisotopic (exact) mass is 183 g/mol. The Balaban J connectivity index is 4.11. The molecule has 0 aliphatic rings. The Morgan fingerprint density at radius 1 is 1.54 bits per heavy atom. The van der Waals surface area contributed by atoms with Crippen molar-refractivity contribution in [2.75, 3.05) is 0 Å². The number of primary amides is 1. The minimum Gasteiger partial charge on any atom is -0.349 e. The minimum absolute atomic E-state index is 0.197. The van der Waals surface area contributed by atoms with Gasteiger partial charge in [0.05, 0.1) is 12.1 Å². The summed E-state index contributed by atoms with van der Waals surface area (Å²) in [5.41, 5.74) is 4.79. The van der Waals surface area contributed by atoms with Crippen LogP contribution in [0.5, 0.6) is 0 Å². The van der Waals surface area contributed by atoms with E-state index in [1.807, 2.05) is 6.92 Å². The SMILES string of the molecule is CCC(CC(C)C)N=C=NC(N)=O. The van der Waals surface area contributed by atoms with E-state index in [1.54, 1.807) is 0 Å². The Hall–Kier alpha value is -1.15. The van der Waals surface area contributed by atoms with E-state index in [-0.39, 0.29) is 6.04 Å². The lowest BCUT2D eigenvalue weighted by Crippen LogP contribution is -2.07. The van der Waals surface area contributed by atoms with Gasteiger partial charge in [0, 0.05) is 0 Å². The molecule has 0 aliphatic carbocycles. The molecule has 0 fully saturated rings. The second kappa shape index (κ2) is 6.38. The summed E-state index contributed by atoms with van der Waals surface area (Å²) in [5.74, 6) is 0.587. The molecule has 0 aromatic carbocycles. The van der Waals surface area contributed by atoms with Crippen LogP contribution in [0.15, 0.2) is 9.98 Å². The van der Waals surface area contributed by atoms with E-state index in [2.05, 4.69) is 29.8 Å². The highest BCUT2D eigenvalue weighted by Gasteiger charge is 2.05. The average Bonchev–Trinajstić information content (AvgIpc) is 2.01. The first-order valence-electron chi connectivity index (χ1n) is 4.51. The fourth-order valence-electron chi connectivity index (χ4n) is 1.01. The third kappa shape index (κ3) is 7.22. The molecule has 4 nitrogen and oxygen atoms in total. The van der Waals surface area contributed by atoms with Gasteiger partial charge < -0.3 is 5.73 Å². The Labute approximate surface area is 79.0 Å². The van der Waals surface area contributed by atoms with Crippen molar-refractivity contribution < 1.29 is 4.79 Å². The molecule has 2 amide bonds. The Morgan fingerprint density at radius 3 is 2.54 bits per heavy atom. The van der Waals surface area contributed by atoms with E-state index in [4.69, 9.17) is 5.73 Å². The third-order valence-corrected chi connectivity index (χ3v) is 1.62. The molecule has 0 radical (unpaired) electrons. The van der Waals surface area contributed by atoms with E-state index in [0.29, 0.717) is 5.92 Å². The topological polar surface area (TPSA) is 67.8 Å². The first-order valence-corrected chi connectivity index (χ1v) is 4.51. The van der Waals surface area contributed by atoms with E-state index < -0.39 is 6.03 Å². The number of nitrogens with zero attached hydrogens (tertiary/aromatic N) is 2. The van der Waals surface area contributed by atoms with Crippen molar-refractivity contribution in [2.45, 2.75) is 39.7 Å². The van der Waals surface area contributed by atoms with Gasteiger partial charge in [-0.05, 0) is 18.8 Å². The number of amides is 2. The van der Waals surface area contributed by atoms with Crippen molar-refractivity contribution in [1.29, 1.82) is 0 Å². The predicted molar refractivity (Wildman–Crippen MR) is 53.0 cm³/mol. The minimum atomic E-state index is -0.747. The molecule has 1 unspecified atom stereocenters. The van der Waals surface area contributed by atoms with Crippen molar-refractivity contribution in [3.63, 3.8) is 0 Å². The fraction of sp³-hybridized carbons (Fsp3) is 0.778. The zero-order valence-corrected chi connectivity index (χ0v) is 8.45. The van der Waals surface area contributed by atoms with Crippen LogP contribution in [0, 0.1) is 5.92 Å². The van der Waals surface area contributed by atoms with Gasteiger partial charge >= 0.3 is 6.03 Å². The molecule has 0 rings (SSSR count). The van der Waals surface area contributed by atoms with Crippen LogP contribution in [0.4, 0.5) is 4.79 Å². The molecule has 1 atom stereocenters. The summed E-state index contributed by atoms with van der Waals surface area (Å²) in [7, 11) is 0. The molecule has 0 bridgehead atoms. The van der Waals surface area contributed by atoms with Gasteiger partial charge in [0.2, 0.25) is 0 Å². The van der Waals surface area contributed by atoms with E-state index in [9.17, 15) is 4.79 Å². The van der Waals surface area contributed by atoms with Gasteiger partial charge in [0.25, 0.3) is 0 Å². The van der Waals surface area contributed by atoms with Gasteiger partial charge in [0.15, 0.2) is 0 Å². The maximum absolute atomic E-state index is 10.2. The van der Waals surface area contributed by atoms with Crippen LogP contribution < -0.4 is 5.73 Å². The molecule has 0 aliphatic heterocycles. The van der Waals surface area contributed by atoms with Gasteiger partial charge in [-0.2, -0.15) is 0 Å². The summed E-state index contributed by atoms with van der Waals surface area (Å²) in [6, 6.07) is 1.77. The molecule has 2 N–H and O–H groups in total. The van der Waals surface area contributed by atoms with Crippen molar-refractivity contribution in [1.82, 2.24) is 0 Å². The number of rotatable bonds is 4. The first-order chi connectivity index (χ1) is 6.06. The summed E-state index contributed by atoms with van der Waals surface area (Å²) in [6.45, 7) is 6.30. The van der Waals surface area contributed by atoms with E-state index in [1.165, 1.54) is 0 Å². The largest absolute Gasteiger partial charge is 0.349 e. The van der Waals surface area contributed by atoms with E-state index >= 15 is 0 Å². The summed E-state index contributed by atoms with van der Waals surface area (Å²) >= 11 is 0. The lowest BCUT2D eigenvalue weighted by molar-refractivity contribution is 0.257. The Bertz CT molecular complexity index is 217. The number of urea groups is 1. The molecule has 0 saturated carbocycles. The van der Waals surface area contributed by atoms with Crippen LogP contribution in [0.1, 0.15) is 33.6 Å². The maximum atomic E-state index is 10.2. The molecular formula is C9H17N3O. The number of carbonyl (C=O) groups excluding carboxylic acids is 1. The van der Waals surface area contributed by atoms with Crippen LogP contribution in [0.25, 0.3) is 0 Å². The smallest absolute Gasteiger partial charge is 0.347 e. The van der Waals surface area contributed by atoms with Crippen LogP contribution in [-0.2, 0) is 0 Å². The molecule has 0 aromatic heterocycles. The number of carbonyl (C=O) groups is 1. The summed E-state index contributed by atoms with van der Waals surface area (Å²) in [5, 5.41) is 0. The highest BCUT2D eigenvalue weighted by Crippen LogP contribution is 2.10. The number of hydrogen-bond acceptors (Lipinski definition) is 2. The zero-order valence-electron chi connectivity index (χ0n) is 8.45. The van der Waals surface area contributed by atoms with Crippen LogP contribution in [-0.4, -0.2) is 18.1 Å². The van der Waals surface area contributed by atoms with Gasteiger partial charge in [-0.25, -0.2) is 9.79 Å². The number of hydrogen-bond donors (Lipinski definition) is 1. The van der Waals surface area contributed by atoms with Gasteiger partial charge in [-0.1, -0.05) is 20.8 Å². The van der Waals surface area contributed by atoms with E-state index in [0.717, 1.165) is 12.8 Å². The van der Waals surface area contributed by atoms with Crippen LogP contribution >= 0.6 is 0 Å². The maximum Gasteiger partial charge on any atom is 0.347 e. The van der Waals surface area contributed by atoms with Crippen molar-refractivity contribution in [2.24, 2.45) is 21.6 Å². The number of aliphatic imine (C=N–C) groups is 2. The highest BCUT2D eigenvalue weighted by molar-refractivity contribution is 5.78. The van der Waals surface area contributed by atoms with Crippen LogP contribution in [0.3, 0.4) is 0 Å². The average molecular weight is 183 g/mol. The summed E-state index contributed by atoms with van der Waals surface area (Å²) in [4.78, 5) is 17.5. The second-order valence-corrected chi connectivity index (χ2v) is 3.37. The predicted octanol–water partition coefficient (Wildman–Crippen LogP) is 2.06. The number of nitrogens with two attached hydrogens (primary N) is 1. The molecule has 0 heterocycles. The lowest BCUT2D eigenvalue weighted by atomic mass is 10.0. The second-order valence-electron chi connectivity index (χ2n) is 3.37. The standard InChI is InChI=1S/C9H17N3O/c1-4-8(5-7(2)3)11-6-12-9(10)13/h7-8H,4-5H2,1-3H3,(H2,10,13). The van der Waals surface area contributed by atoms with Gasteiger partial charge in [-0.3, -0.25) is 0 Å². The lowest BCUT2D eigenvalue weighted by Gasteiger charge is -2.09. The first kappa shape index (κ1) is 11.8. The highest BCUT2D eigenvalue weighted by atomic mass is 16.2. The third-order valence-electron chi connectivity index (χ3n) is 1.62. The molecule has 4 heteroatoms. The van der Waals surface area contributed by atoms with Crippen molar-refractivity contribution in [3.8, 4) is 0 Å². The fourth-order valence-corrected chi connectivity index (χ4v) is 1.01. The molecule has 13 heavy (non-hydrogen) atoms. The summed E-state index contributed by atoms with van der Waals surface area (Å²) in [6.07, 6.45) is 1.91. The zero-order chi connectivity index (χ0) is 10.3. The van der Waals surface area contributed by atoms with Gasteiger partial charge in [-0.15, -0.1) is 4.99 Å². The van der Waals surface area contributed by atoms with Gasteiger partial charge in [0.1, 0.15) is 0 Å². The molecule has 0 aromatic rings. The quantitative estimate of drug-likeness (QED) is 0.666. The molecule has 0 spiro atoms. The molecule has 74 valence electrons. The van der Waals surface area contributed by atoms with Crippen LogP contribution in [0.2, 0.25) is 0 Å². The molecular weight excluding hydrogens is 166 g/mol. The summed E-state index contributed by atoms with van der Waals surface area (Å²) < 4.78 is 0. The Kier molecular flexibility index (Phi) is 5.81. The normalized spacial score (nSPS) is 12.0.